The van der Waals surface area contributed by atoms with Crippen molar-refractivity contribution < 1.29 is 9.84 Å². The van der Waals surface area contributed by atoms with Crippen LogP contribution in [0.15, 0.2) is 24.3 Å². The Bertz CT molecular complexity index is 362. The van der Waals surface area contributed by atoms with Crippen molar-refractivity contribution in [3.63, 3.8) is 0 Å². The normalized spacial score (nSPS) is 23.9. The predicted octanol–water partition coefficient (Wildman–Crippen LogP) is 3.57. The van der Waals surface area contributed by atoms with E-state index in [0.29, 0.717) is 12.0 Å². The average molecular weight is 248 g/mol. The Morgan fingerprint density at radius 2 is 2.00 bits per heavy atom. The molecular formula is C16H24O2. The van der Waals surface area contributed by atoms with E-state index in [-0.39, 0.29) is 6.61 Å². The summed E-state index contributed by atoms with van der Waals surface area (Å²) in [4.78, 5) is 0. The second kappa shape index (κ2) is 6.79. The highest BCUT2D eigenvalue weighted by Crippen LogP contribution is 2.30. The summed E-state index contributed by atoms with van der Waals surface area (Å²) in [6.45, 7) is 2.54. The largest absolute Gasteiger partial charge is 0.490 e. The molecule has 1 aliphatic carbocycles. The topological polar surface area (TPSA) is 29.5 Å². The summed E-state index contributed by atoms with van der Waals surface area (Å²) in [5.41, 5.74) is 1.23. The maximum atomic E-state index is 8.94. The number of benzene rings is 1. The first-order valence-corrected chi connectivity index (χ1v) is 7.16. The van der Waals surface area contributed by atoms with Crippen LogP contribution in [0.5, 0.6) is 5.75 Å². The van der Waals surface area contributed by atoms with E-state index in [1.54, 1.807) is 0 Å². The van der Waals surface area contributed by atoms with Crippen molar-refractivity contribution in [1.82, 2.24) is 0 Å². The van der Waals surface area contributed by atoms with Gasteiger partial charge in [0.25, 0.3) is 0 Å². The van der Waals surface area contributed by atoms with Crippen molar-refractivity contribution in [2.24, 2.45) is 5.92 Å². The number of para-hydroxylation sites is 1. The summed E-state index contributed by atoms with van der Waals surface area (Å²) in [6, 6.07) is 8.25. The van der Waals surface area contributed by atoms with E-state index in [1.165, 1.54) is 31.2 Å². The second-order valence-electron chi connectivity index (χ2n) is 5.35. The summed E-state index contributed by atoms with van der Waals surface area (Å²) in [7, 11) is 0. The first-order chi connectivity index (χ1) is 8.81. The third-order valence-electron chi connectivity index (χ3n) is 3.89. The standard InChI is InChI=1S/C16H24O2/c1-13-7-2-4-10-15(13)18-16-11-5-3-8-14(16)9-6-12-17/h3,5,8,11,13,15,17H,2,4,6-7,9-10,12H2,1H3/t13-,15-/m1/s1. The zero-order valence-electron chi connectivity index (χ0n) is 11.3. The molecule has 0 aliphatic heterocycles. The lowest BCUT2D eigenvalue weighted by Gasteiger charge is -2.30. The zero-order valence-corrected chi connectivity index (χ0v) is 11.3. The summed E-state index contributed by atoms with van der Waals surface area (Å²) < 4.78 is 6.21. The van der Waals surface area contributed by atoms with Gasteiger partial charge in [0, 0.05) is 6.61 Å². The molecule has 2 rings (SSSR count). The molecule has 2 atom stereocenters. The Labute approximate surface area is 110 Å². The van der Waals surface area contributed by atoms with E-state index in [2.05, 4.69) is 19.1 Å². The molecule has 0 amide bonds. The molecule has 100 valence electrons. The van der Waals surface area contributed by atoms with Crippen LogP contribution in [0.4, 0.5) is 0 Å². The van der Waals surface area contributed by atoms with Gasteiger partial charge in [-0.15, -0.1) is 0 Å². The maximum absolute atomic E-state index is 8.94. The lowest BCUT2D eigenvalue weighted by molar-refractivity contribution is 0.101. The molecule has 0 aromatic heterocycles. The summed E-state index contributed by atoms with van der Waals surface area (Å²) in [5, 5.41) is 8.94. The van der Waals surface area contributed by atoms with Gasteiger partial charge in [0.15, 0.2) is 0 Å². The molecular weight excluding hydrogens is 224 g/mol. The van der Waals surface area contributed by atoms with Crippen molar-refractivity contribution in [1.29, 1.82) is 0 Å². The number of rotatable bonds is 5. The summed E-state index contributed by atoms with van der Waals surface area (Å²) >= 11 is 0. The highest BCUT2D eigenvalue weighted by molar-refractivity contribution is 5.33. The van der Waals surface area contributed by atoms with Gasteiger partial charge in [-0.2, -0.15) is 0 Å². The summed E-state index contributed by atoms with van der Waals surface area (Å²) in [5.74, 6) is 1.68. The molecule has 2 heteroatoms. The molecule has 0 radical (unpaired) electrons. The van der Waals surface area contributed by atoms with Crippen LogP contribution in [0.1, 0.15) is 44.6 Å². The molecule has 0 unspecified atom stereocenters. The molecule has 0 bridgehead atoms. The molecule has 1 aliphatic rings. The third-order valence-corrected chi connectivity index (χ3v) is 3.89. The number of aliphatic hydroxyl groups is 1. The van der Waals surface area contributed by atoms with Crippen molar-refractivity contribution in [2.75, 3.05) is 6.61 Å². The van der Waals surface area contributed by atoms with Crippen molar-refractivity contribution >= 4 is 0 Å². The number of aliphatic hydroxyl groups excluding tert-OH is 1. The molecule has 1 saturated carbocycles. The van der Waals surface area contributed by atoms with Gasteiger partial charge in [0.2, 0.25) is 0 Å². The quantitative estimate of drug-likeness (QED) is 0.863. The smallest absolute Gasteiger partial charge is 0.122 e. The van der Waals surface area contributed by atoms with Gasteiger partial charge >= 0.3 is 0 Å². The van der Waals surface area contributed by atoms with Gasteiger partial charge in [-0.1, -0.05) is 31.5 Å². The van der Waals surface area contributed by atoms with E-state index in [0.717, 1.165) is 18.6 Å². The van der Waals surface area contributed by atoms with Gasteiger partial charge in [0.05, 0.1) is 0 Å². The molecule has 1 aromatic carbocycles. The number of hydrogen-bond acceptors (Lipinski definition) is 2. The Morgan fingerprint density at radius 3 is 2.78 bits per heavy atom. The molecule has 18 heavy (non-hydrogen) atoms. The van der Waals surface area contributed by atoms with Crippen molar-refractivity contribution in [2.45, 2.75) is 51.6 Å². The van der Waals surface area contributed by atoms with Crippen LogP contribution in [0, 0.1) is 5.92 Å². The highest BCUT2D eigenvalue weighted by Gasteiger charge is 2.23. The van der Waals surface area contributed by atoms with Gasteiger partial charge in [-0.25, -0.2) is 0 Å². The van der Waals surface area contributed by atoms with Crippen molar-refractivity contribution in [3.8, 4) is 5.75 Å². The second-order valence-corrected chi connectivity index (χ2v) is 5.35. The molecule has 0 heterocycles. The monoisotopic (exact) mass is 248 g/mol. The Hall–Kier alpha value is -1.02. The van der Waals surface area contributed by atoms with E-state index < -0.39 is 0 Å². The van der Waals surface area contributed by atoms with Crippen LogP contribution in [-0.2, 0) is 6.42 Å². The first-order valence-electron chi connectivity index (χ1n) is 7.16. The van der Waals surface area contributed by atoms with E-state index in [9.17, 15) is 0 Å². The lowest BCUT2D eigenvalue weighted by atomic mass is 9.88. The highest BCUT2D eigenvalue weighted by atomic mass is 16.5. The van der Waals surface area contributed by atoms with Crippen LogP contribution >= 0.6 is 0 Å². The predicted molar refractivity (Wildman–Crippen MR) is 73.9 cm³/mol. The van der Waals surface area contributed by atoms with Crippen LogP contribution in [0.25, 0.3) is 0 Å². The Morgan fingerprint density at radius 1 is 1.22 bits per heavy atom. The van der Waals surface area contributed by atoms with Gasteiger partial charge in [0.1, 0.15) is 11.9 Å². The fourth-order valence-corrected chi connectivity index (χ4v) is 2.72. The van der Waals surface area contributed by atoms with Gasteiger partial charge < -0.3 is 9.84 Å². The van der Waals surface area contributed by atoms with Crippen LogP contribution < -0.4 is 4.74 Å². The van der Waals surface area contributed by atoms with Gasteiger partial charge in [-0.3, -0.25) is 0 Å². The Kier molecular flexibility index (Phi) is 5.06. The first kappa shape index (κ1) is 13.4. The third kappa shape index (κ3) is 3.49. The summed E-state index contributed by atoms with van der Waals surface area (Å²) in [6.07, 6.45) is 7.16. The van der Waals surface area contributed by atoms with E-state index in [1.807, 2.05) is 12.1 Å². The minimum Gasteiger partial charge on any atom is -0.490 e. The van der Waals surface area contributed by atoms with Crippen LogP contribution in [0.2, 0.25) is 0 Å². The molecule has 1 N–H and O–H groups in total. The maximum Gasteiger partial charge on any atom is 0.122 e. The van der Waals surface area contributed by atoms with Crippen LogP contribution in [-0.4, -0.2) is 17.8 Å². The minimum atomic E-state index is 0.244. The number of aryl methyl sites for hydroxylation is 1. The van der Waals surface area contributed by atoms with Crippen molar-refractivity contribution in [3.05, 3.63) is 29.8 Å². The number of hydrogen-bond donors (Lipinski definition) is 1. The Balaban J connectivity index is 2.03. The SMILES string of the molecule is C[C@@H]1CCCC[C@H]1Oc1ccccc1CCCO. The molecule has 1 aromatic rings. The minimum absolute atomic E-state index is 0.244. The molecule has 0 spiro atoms. The van der Waals surface area contributed by atoms with E-state index in [4.69, 9.17) is 9.84 Å². The lowest BCUT2D eigenvalue weighted by Crippen LogP contribution is -2.28. The fraction of sp³-hybridized carbons (Fsp3) is 0.625. The zero-order chi connectivity index (χ0) is 12.8. The van der Waals surface area contributed by atoms with Gasteiger partial charge in [-0.05, 0) is 49.7 Å². The number of ether oxygens (including phenoxy) is 1. The molecule has 2 nitrogen and oxygen atoms in total. The average Bonchev–Trinajstić information content (AvgIpc) is 2.40. The van der Waals surface area contributed by atoms with Crippen LogP contribution in [0.3, 0.4) is 0 Å². The van der Waals surface area contributed by atoms with E-state index >= 15 is 0 Å². The fourth-order valence-electron chi connectivity index (χ4n) is 2.72. The molecule has 0 saturated heterocycles. The molecule has 1 fully saturated rings.